The SMILES string of the molecule is O=C1C2=C(CCN(Cc3ccccc3)C2)N2CCCN=C2N1Cc1ccc(F)cc1F. The molecule has 0 saturated heterocycles. The molecule has 0 saturated carbocycles. The molecule has 0 fully saturated rings. The van der Waals surface area contributed by atoms with Crippen LogP contribution in [0.15, 0.2) is 64.8 Å². The number of halogens is 2. The highest BCUT2D eigenvalue weighted by atomic mass is 19.1. The van der Waals surface area contributed by atoms with Crippen LogP contribution in [0.5, 0.6) is 0 Å². The van der Waals surface area contributed by atoms with Crippen LogP contribution in [0.2, 0.25) is 0 Å². The molecule has 3 aliphatic heterocycles. The first-order chi connectivity index (χ1) is 15.1. The second kappa shape index (κ2) is 8.23. The van der Waals surface area contributed by atoms with Gasteiger partial charge in [-0.1, -0.05) is 36.4 Å². The molecule has 0 aliphatic carbocycles. The summed E-state index contributed by atoms with van der Waals surface area (Å²) >= 11 is 0. The van der Waals surface area contributed by atoms with E-state index in [1.807, 2.05) is 18.2 Å². The number of aliphatic imine (C=N–C) groups is 1. The van der Waals surface area contributed by atoms with Crippen molar-refractivity contribution in [3.8, 4) is 0 Å². The molecule has 0 aromatic heterocycles. The third-order valence-corrected chi connectivity index (χ3v) is 6.09. The van der Waals surface area contributed by atoms with Crippen molar-refractivity contribution < 1.29 is 13.6 Å². The standard InChI is InChI=1S/C24H24F2N4O/c25-19-8-7-18(21(26)13-19)15-30-23(31)20-16-28(14-17-5-2-1-3-6-17)12-9-22(20)29-11-4-10-27-24(29)30/h1-3,5-8,13H,4,9-12,14-16H2. The predicted molar refractivity (Wildman–Crippen MR) is 114 cm³/mol. The first-order valence-corrected chi connectivity index (χ1v) is 10.7. The number of hydrogen-bond donors (Lipinski definition) is 0. The number of hydrogen-bond acceptors (Lipinski definition) is 4. The zero-order valence-corrected chi connectivity index (χ0v) is 17.2. The van der Waals surface area contributed by atoms with Crippen LogP contribution in [0.25, 0.3) is 0 Å². The van der Waals surface area contributed by atoms with Crippen molar-refractivity contribution in [3.05, 3.63) is 82.6 Å². The number of fused-ring (bicyclic) bond motifs is 2. The summed E-state index contributed by atoms with van der Waals surface area (Å²) in [6, 6.07) is 13.7. The molecule has 31 heavy (non-hydrogen) atoms. The van der Waals surface area contributed by atoms with E-state index in [2.05, 4.69) is 26.9 Å². The van der Waals surface area contributed by atoms with Gasteiger partial charge in [0.2, 0.25) is 5.96 Å². The lowest BCUT2D eigenvalue weighted by Gasteiger charge is -2.45. The van der Waals surface area contributed by atoms with E-state index in [-0.39, 0.29) is 18.0 Å². The zero-order chi connectivity index (χ0) is 21.4. The zero-order valence-electron chi connectivity index (χ0n) is 17.2. The Bertz CT molecular complexity index is 1070. The topological polar surface area (TPSA) is 39.2 Å². The van der Waals surface area contributed by atoms with E-state index in [1.165, 1.54) is 17.7 Å². The fourth-order valence-electron chi connectivity index (χ4n) is 4.57. The number of nitrogens with zero attached hydrogens (tertiary/aromatic N) is 4. The quantitative estimate of drug-likeness (QED) is 0.757. The molecule has 5 nitrogen and oxygen atoms in total. The summed E-state index contributed by atoms with van der Waals surface area (Å²) in [4.78, 5) is 24.1. The van der Waals surface area contributed by atoms with Crippen LogP contribution in [0.1, 0.15) is 24.0 Å². The Labute approximate surface area is 180 Å². The minimum atomic E-state index is -0.648. The van der Waals surface area contributed by atoms with E-state index in [0.29, 0.717) is 19.0 Å². The van der Waals surface area contributed by atoms with Crippen molar-refractivity contribution in [1.29, 1.82) is 0 Å². The maximum Gasteiger partial charge on any atom is 0.259 e. The van der Waals surface area contributed by atoms with Gasteiger partial charge in [0.25, 0.3) is 5.91 Å². The average Bonchev–Trinajstić information content (AvgIpc) is 2.79. The fraction of sp³-hybridized carbons (Fsp3) is 0.333. The third kappa shape index (κ3) is 3.85. The molecular weight excluding hydrogens is 398 g/mol. The number of rotatable bonds is 4. The van der Waals surface area contributed by atoms with Crippen LogP contribution in [0.3, 0.4) is 0 Å². The van der Waals surface area contributed by atoms with Gasteiger partial charge in [0, 0.05) is 56.5 Å². The Kier molecular flexibility index (Phi) is 5.28. The Morgan fingerprint density at radius 1 is 1.00 bits per heavy atom. The summed E-state index contributed by atoms with van der Waals surface area (Å²) in [7, 11) is 0. The van der Waals surface area contributed by atoms with Gasteiger partial charge in [-0.05, 0) is 18.1 Å². The summed E-state index contributed by atoms with van der Waals surface area (Å²) < 4.78 is 27.7. The molecular formula is C24H24F2N4O. The highest BCUT2D eigenvalue weighted by Gasteiger charge is 2.40. The number of amides is 1. The summed E-state index contributed by atoms with van der Waals surface area (Å²) in [5.41, 5.74) is 3.29. The van der Waals surface area contributed by atoms with Gasteiger partial charge >= 0.3 is 0 Å². The molecule has 3 heterocycles. The molecule has 0 bridgehead atoms. The van der Waals surface area contributed by atoms with Gasteiger partial charge < -0.3 is 4.90 Å². The second-order valence-electron chi connectivity index (χ2n) is 8.19. The third-order valence-electron chi connectivity index (χ3n) is 6.09. The van der Waals surface area contributed by atoms with Crippen LogP contribution < -0.4 is 0 Å². The smallest absolute Gasteiger partial charge is 0.259 e. The number of carbonyl (C=O) groups excluding carboxylic acids is 1. The van der Waals surface area contributed by atoms with E-state index in [1.54, 1.807) is 4.90 Å². The van der Waals surface area contributed by atoms with Crippen molar-refractivity contribution in [3.63, 3.8) is 0 Å². The Morgan fingerprint density at radius 3 is 2.65 bits per heavy atom. The maximum atomic E-state index is 14.3. The molecule has 2 aromatic carbocycles. The van der Waals surface area contributed by atoms with Crippen LogP contribution >= 0.6 is 0 Å². The van der Waals surface area contributed by atoms with Gasteiger partial charge in [-0.2, -0.15) is 0 Å². The van der Waals surface area contributed by atoms with E-state index < -0.39 is 11.6 Å². The van der Waals surface area contributed by atoms with Crippen molar-refractivity contribution >= 4 is 11.9 Å². The molecule has 0 radical (unpaired) electrons. The maximum absolute atomic E-state index is 14.3. The van der Waals surface area contributed by atoms with E-state index >= 15 is 0 Å². The average molecular weight is 422 g/mol. The van der Waals surface area contributed by atoms with E-state index in [4.69, 9.17) is 0 Å². The number of guanidine groups is 1. The van der Waals surface area contributed by atoms with Crippen LogP contribution in [-0.2, 0) is 17.9 Å². The highest BCUT2D eigenvalue weighted by molar-refractivity contribution is 6.09. The highest BCUT2D eigenvalue weighted by Crippen LogP contribution is 2.32. The van der Waals surface area contributed by atoms with Gasteiger partial charge in [-0.3, -0.25) is 19.6 Å². The van der Waals surface area contributed by atoms with Gasteiger partial charge in [0.15, 0.2) is 0 Å². The molecule has 160 valence electrons. The van der Waals surface area contributed by atoms with Gasteiger partial charge in [-0.15, -0.1) is 0 Å². The summed E-state index contributed by atoms with van der Waals surface area (Å²) in [5, 5.41) is 0. The lowest BCUT2D eigenvalue weighted by atomic mass is 9.99. The molecule has 2 aromatic rings. The normalized spacial score (nSPS) is 19.3. The molecule has 0 N–H and O–H groups in total. The Hall–Kier alpha value is -3.06. The number of carbonyl (C=O) groups is 1. The first kappa shape index (κ1) is 19.9. The lowest BCUT2D eigenvalue weighted by molar-refractivity contribution is -0.125. The van der Waals surface area contributed by atoms with Crippen LogP contribution in [0.4, 0.5) is 8.78 Å². The minimum absolute atomic E-state index is 0.0374. The molecule has 1 amide bonds. The predicted octanol–water partition coefficient (Wildman–Crippen LogP) is 3.53. The summed E-state index contributed by atoms with van der Waals surface area (Å²) in [6.45, 7) is 3.68. The molecule has 0 spiro atoms. The Morgan fingerprint density at radius 2 is 1.84 bits per heavy atom. The molecule has 0 unspecified atom stereocenters. The molecule has 5 rings (SSSR count). The van der Waals surface area contributed by atoms with Crippen molar-refractivity contribution in [2.45, 2.75) is 25.9 Å². The van der Waals surface area contributed by atoms with Crippen molar-refractivity contribution in [2.24, 2.45) is 4.99 Å². The van der Waals surface area contributed by atoms with Gasteiger partial charge in [-0.25, -0.2) is 8.78 Å². The monoisotopic (exact) mass is 422 g/mol. The van der Waals surface area contributed by atoms with Gasteiger partial charge in [0.05, 0.1) is 12.1 Å². The molecule has 3 aliphatic rings. The van der Waals surface area contributed by atoms with Crippen molar-refractivity contribution in [1.82, 2.24) is 14.7 Å². The summed E-state index contributed by atoms with van der Waals surface area (Å²) in [6.07, 6.45) is 1.70. The lowest BCUT2D eigenvalue weighted by Crippen LogP contribution is -2.56. The Balaban J connectivity index is 1.44. The van der Waals surface area contributed by atoms with E-state index in [0.717, 1.165) is 49.8 Å². The second-order valence-corrected chi connectivity index (χ2v) is 8.19. The number of benzene rings is 2. The van der Waals surface area contributed by atoms with Crippen LogP contribution in [0, 0.1) is 11.6 Å². The largest absolute Gasteiger partial charge is 0.315 e. The van der Waals surface area contributed by atoms with E-state index in [9.17, 15) is 13.6 Å². The van der Waals surface area contributed by atoms with Crippen molar-refractivity contribution in [2.75, 3.05) is 26.2 Å². The minimum Gasteiger partial charge on any atom is -0.315 e. The first-order valence-electron chi connectivity index (χ1n) is 10.7. The van der Waals surface area contributed by atoms with Gasteiger partial charge in [0.1, 0.15) is 11.6 Å². The van der Waals surface area contributed by atoms with Crippen LogP contribution in [-0.4, -0.2) is 52.7 Å². The fourth-order valence-corrected chi connectivity index (χ4v) is 4.57. The molecule has 0 atom stereocenters. The summed E-state index contributed by atoms with van der Waals surface area (Å²) in [5.74, 6) is -0.815. The molecule has 7 heteroatoms.